The summed E-state index contributed by atoms with van der Waals surface area (Å²) in [7, 11) is -3.65. The van der Waals surface area contributed by atoms with E-state index in [1.807, 2.05) is 6.07 Å². The maximum atomic E-state index is 12.4. The molecule has 1 aliphatic heterocycles. The molecule has 0 aliphatic carbocycles. The van der Waals surface area contributed by atoms with Crippen molar-refractivity contribution in [3.63, 3.8) is 0 Å². The van der Waals surface area contributed by atoms with Crippen molar-refractivity contribution in [3.8, 4) is 0 Å². The van der Waals surface area contributed by atoms with Crippen molar-refractivity contribution in [2.45, 2.75) is 24.2 Å². The van der Waals surface area contributed by atoms with E-state index in [2.05, 4.69) is 15.4 Å². The number of sulfonamides is 1. The molecule has 0 saturated carbocycles. The standard InChI is InChI=1S/C19H23N3O3S/c23-19(11-6-15-12-13-20-14-15)21-16-7-9-18(10-8-16)26(24,25)22-17-4-2-1-3-5-17/h1-5,7-10,15,20,22H,6,11-14H2,(H,21,23). The second-order valence-corrected chi connectivity index (χ2v) is 8.12. The predicted octanol–water partition coefficient (Wildman–Crippen LogP) is 2.82. The Labute approximate surface area is 154 Å². The van der Waals surface area contributed by atoms with E-state index in [0.717, 1.165) is 25.9 Å². The molecule has 0 bridgehead atoms. The summed E-state index contributed by atoms with van der Waals surface area (Å²) < 4.78 is 27.3. The SMILES string of the molecule is O=C(CCC1CCNC1)Nc1ccc(S(=O)(=O)Nc2ccccc2)cc1. The average Bonchev–Trinajstić information content (AvgIpc) is 3.14. The lowest BCUT2D eigenvalue weighted by atomic mass is 10.0. The van der Waals surface area contributed by atoms with Gasteiger partial charge in [0.05, 0.1) is 4.90 Å². The van der Waals surface area contributed by atoms with Crippen molar-refractivity contribution in [3.05, 3.63) is 54.6 Å². The third-order valence-electron chi connectivity index (χ3n) is 4.42. The third kappa shape index (κ3) is 5.06. The minimum absolute atomic E-state index is 0.0464. The van der Waals surface area contributed by atoms with Crippen molar-refractivity contribution in [1.29, 1.82) is 0 Å². The lowest BCUT2D eigenvalue weighted by Gasteiger charge is -2.10. The zero-order chi connectivity index (χ0) is 18.4. The van der Waals surface area contributed by atoms with Crippen LogP contribution in [0.15, 0.2) is 59.5 Å². The molecule has 2 aromatic rings. The number of amides is 1. The van der Waals surface area contributed by atoms with Crippen molar-refractivity contribution in [2.75, 3.05) is 23.1 Å². The zero-order valence-electron chi connectivity index (χ0n) is 14.4. The number of carbonyl (C=O) groups is 1. The average molecular weight is 373 g/mol. The number of hydrogen-bond acceptors (Lipinski definition) is 4. The Morgan fingerprint density at radius 3 is 2.42 bits per heavy atom. The van der Waals surface area contributed by atoms with Crippen LogP contribution < -0.4 is 15.4 Å². The first-order valence-electron chi connectivity index (χ1n) is 8.71. The van der Waals surface area contributed by atoms with Crippen LogP contribution in [0.4, 0.5) is 11.4 Å². The predicted molar refractivity (Wildman–Crippen MR) is 103 cm³/mol. The molecular formula is C19H23N3O3S. The molecule has 0 spiro atoms. The molecule has 138 valence electrons. The maximum absolute atomic E-state index is 12.4. The van der Waals surface area contributed by atoms with Crippen LogP contribution in [0.5, 0.6) is 0 Å². The van der Waals surface area contributed by atoms with E-state index >= 15 is 0 Å². The fraction of sp³-hybridized carbons (Fsp3) is 0.316. The number of anilines is 2. The Kier molecular flexibility index (Phi) is 5.90. The van der Waals surface area contributed by atoms with Gasteiger partial charge >= 0.3 is 0 Å². The molecule has 3 N–H and O–H groups in total. The highest BCUT2D eigenvalue weighted by Crippen LogP contribution is 2.19. The molecular weight excluding hydrogens is 350 g/mol. The largest absolute Gasteiger partial charge is 0.326 e. The summed E-state index contributed by atoms with van der Waals surface area (Å²) in [5, 5.41) is 6.11. The number of hydrogen-bond donors (Lipinski definition) is 3. The topological polar surface area (TPSA) is 87.3 Å². The van der Waals surface area contributed by atoms with E-state index in [1.54, 1.807) is 36.4 Å². The third-order valence-corrected chi connectivity index (χ3v) is 5.81. The van der Waals surface area contributed by atoms with Gasteiger partial charge in [0.2, 0.25) is 5.91 Å². The normalized spacial score (nSPS) is 17.0. The first-order chi connectivity index (χ1) is 12.5. The van der Waals surface area contributed by atoms with Crippen molar-refractivity contribution in [1.82, 2.24) is 5.32 Å². The number of rotatable bonds is 7. The second kappa shape index (κ2) is 8.33. The Morgan fingerprint density at radius 2 is 1.77 bits per heavy atom. The van der Waals surface area contributed by atoms with Crippen LogP contribution in [0.1, 0.15) is 19.3 Å². The highest BCUT2D eigenvalue weighted by Gasteiger charge is 2.16. The molecule has 1 fully saturated rings. The van der Waals surface area contributed by atoms with Crippen LogP contribution in [0.25, 0.3) is 0 Å². The van der Waals surface area contributed by atoms with Crippen LogP contribution >= 0.6 is 0 Å². The summed E-state index contributed by atoms with van der Waals surface area (Å²) in [6.07, 6.45) is 2.46. The first kappa shape index (κ1) is 18.4. The smallest absolute Gasteiger partial charge is 0.261 e. The minimum atomic E-state index is -3.65. The van der Waals surface area contributed by atoms with Crippen LogP contribution in [0.2, 0.25) is 0 Å². The molecule has 3 rings (SSSR count). The lowest BCUT2D eigenvalue weighted by molar-refractivity contribution is -0.116. The lowest BCUT2D eigenvalue weighted by Crippen LogP contribution is -2.15. The second-order valence-electron chi connectivity index (χ2n) is 6.44. The summed E-state index contributed by atoms with van der Waals surface area (Å²) in [4.78, 5) is 12.2. The molecule has 1 amide bonds. The van der Waals surface area contributed by atoms with Gasteiger partial charge in [-0.25, -0.2) is 8.42 Å². The molecule has 1 aliphatic rings. The van der Waals surface area contributed by atoms with E-state index in [0.29, 0.717) is 23.7 Å². The van der Waals surface area contributed by atoms with Gasteiger partial charge in [-0.15, -0.1) is 0 Å². The van der Waals surface area contributed by atoms with Crippen LogP contribution in [-0.2, 0) is 14.8 Å². The highest BCUT2D eigenvalue weighted by molar-refractivity contribution is 7.92. The first-order valence-corrected chi connectivity index (χ1v) is 10.2. The van der Waals surface area contributed by atoms with Gasteiger partial charge in [0.1, 0.15) is 0 Å². The van der Waals surface area contributed by atoms with Crippen molar-refractivity contribution >= 4 is 27.3 Å². The summed E-state index contributed by atoms with van der Waals surface area (Å²) in [6, 6.07) is 14.9. The van der Waals surface area contributed by atoms with E-state index in [9.17, 15) is 13.2 Å². The quantitative estimate of drug-likeness (QED) is 0.696. The van der Waals surface area contributed by atoms with E-state index in [1.165, 1.54) is 12.1 Å². The molecule has 7 heteroatoms. The number of nitrogens with one attached hydrogen (secondary N) is 3. The van der Waals surface area contributed by atoms with Gasteiger partial charge in [0.15, 0.2) is 0 Å². The molecule has 0 aromatic heterocycles. The minimum Gasteiger partial charge on any atom is -0.326 e. The maximum Gasteiger partial charge on any atom is 0.261 e. The summed E-state index contributed by atoms with van der Waals surface area (Å²) in [6.45, 7) is 2.01. The summed E-state index contributed by atoms with van der Waals surface area (Å²) >= 11 is 0. The van der Waals surface area contributed by atoms with Crippen molar-refractivity contribution in [2.24, 2.45) is 5.92 Å². The van der Waals surface area contributed by atoms with Crippen molar-refractivity contribution < 1.29 is 13.2 Å². The fourth-order valence-electron chi connectivity index (χ4n) is 2.96. The number of benzene rings is 2. The van der Waals surface area contributed by atoms with Gasteiger partial charge in [-0.05, 0) is 68.2 Å². The van der Waals surface area contributed by atoms with Gasteiger partial charge in [0, 0.05) is 17.8 Å². The summed E-state index contributed by atoms with van der Waals surface area (Å²) in [5.74, 6) is 0.521. The van der Waals surface area contributed by atoms with E-state index < -0.39 is 10.0 Å². The molecule has 1 heterocycles. The molecule has 1 atom stereocenters. The molecule has 6 nitrogen and oxygen atoms in total. The Bertz CT molecular complexity index is 830. The highest BCUT2D eigenvalue weighted by atomic mass is 32.2. The Balaban J connectivity index is 1.56. The van der Waals surface area contributed by atoms with Gasteiger partial charge < -0.3 is 10.6 Å². The molecule has 1 saturated heterocycles. The van der Waals surface area contributed by atoms with Crippen LogP contribution in [0.3, 0.4) is 0 Å². The number of para-hydroxylation sites is 1. The molecule has 2 aromatic carbocycles. The van der Waals surface area contributed by atoms with E-state index in [-0.39, 0.29) is 10.8 Å². The van der Waals surface area contributed by atoms with E-state index in [4.69, 9.17) is 0 Å². The summed E-state index contributed by atoms with van der Waals surface area (Å²) in [5.41, 5.74) is 1.10. The Hall–Kier alpha value is -2.38. The fourth-order valence-corrected chi connectivity index (χ4v) is 4.02. The molecule has 1 unspecified atom stereocenters. The zero-order valence-corrected chi connectivity index (χ0v) is 15.3. The molecule has 0 radical (unpaired) electrons. The van der Waals surface area contributed by atoms with Crippen LogP contribution in [0, 0.1) is 5.92 Å². The number of carbonyl (C=O) groups excluding carboxylic acids is 1. The van der Waals surface area contributed by atoms with Gasteiger partial charge in [0.25, 0.3) is 10.0 Å². The Morgan fingerprint density at radius 1 is 1.04 bits per heavy atom. The monoisotopic (exact) mass is 373 g/mol. The van der Waals surface area contributed by atoms with Crippen LogP contribution in [-0.4, -0.2) is 27.4 Å². The van der Waals surface area contributed by atoms with Gasteiger partial charge in [-0.2, -0.15) is 0 Å². The van der Waals surface area contributed by atoms with Gasteiger partial charge in [-0.3, -0.25) is 9.52 Å². The van der Waals surface area contributed by atoms with Gasteiger partial charge in [-0.1, -0.05) is 18.2 Å². The molecule has 26 heavy (non-hydrogen) atoms.